The Hall–Kier alpha value is -3.53. The van der Waals surface area contributed by atoms with E-state index in [2.05, 4.69) is 10.1 Å². The Bertz CT molecular complexity index is 863. The standard InChI is InChI=1S/C15H9N5O2/c16-10-11-9-15(14-3-1-2-8-17-14)19(18-11)12-4-6-13(7-5-12)20(21)22/h1-9H. The number of hydrogen-bond donors (Lipinski definition) is 0. The number of aromatic nitrogens is 3. The predicted molar refractivity (Wildman–Crippen MR) is 78.2 cm³/mol. The first-order chi connectivity index (χ1) is 10.7. The lowest BCUT2D eigenvalue weighted by atomic mass is 10.2. The summed E-state index contributed by atoms with van der Waals surface area (Å²) in [5, 5.41) is 24.0. The summed E-state index contributed by atoms with van der Waals surface area (Å²) in [6.07, 6.45) is 1.65. The summed E-state index contributed by atoms with van der Waals surface area (Å²) >= 11 is 0. The van der Waals surface area contributed by atoms with Crippen molar-refractivity contribution in [1.29, 1.82) is 5.26 Å². The molecule has 0 aliphatic heterocycles. The van der Waals surface area contributed by atoms with Crippen molar-refractivity contribution in [1.82, 2.24) is 14.8 Å². The van der Waals surface area contributed by atoms with Gasteiger partial charge >= 0.3 is 0 Å². The smallest absolute Gasteiger partial charge is 0.258 e. The summed E-state index contributed by atoms with van der Waals surface area (Å²) in [5.41, 5.74) is 2.17. The van der Waals surface area contributed by atoms with Crippen molar-refractivity contribution in [2.45, 2.75) is 0 Å². The summed E-state index contributed by atoms with van der Waals surface area (Å²) in [7, 11) is 0. The summed E-state index contributed by atoms with van der Waals surface area (Å²) in [6.45, 7) is 0. The van der Waals surface area contributed by atoms with Crippen LogP contribution in [0.4, 0.5) is 5.69 Å². The zero-order chi connectivity index (χ0) is 15.5. The first kappa shape index (κ1) is 13.5. The van der Waals surface area contributed by atoms with Gasteiger partial charge in [0.25, 0.3) is 5.69 Å². The van der Waals surface area contributed by atoms with Gasteiger partial charge in [-0.1, -0.05) is 6.07 Å². The molecule has 0 aliphatic carbocycles. The van der Waals surface area contributed by atoms with E-state index >= 15 is 0 Å². The van der Waals surface area contributed by atoms with Gasteiger partial charge in [-0.15, -0.1) is 0 Å². The summed E-state index contributed by atoms with van der Waals surface area (Å²) < 4.78 is 1.55. The van der Waals surface area contributed by atoms with Crippen LogP contribution >= 0.6 is 0 Å². The van der Waals surface area contributed by atoms with Crippen molar-refractivity contribution in [3.8, 4) is 23.1 Å². The van der Waals surface area contributed by atoms with E-state index in [9.17, 15) is 10.1 Å². The van der Waals surface area contributed by atoms with E-state index in [1.54, 1.807) is 41.2 Å². The number of nitro benzene ring substituents is 1. The van der Waals surface area contributed by atoms with Gasteiger partial charge in [-0.25, -0.2) is 4.68 Å². The average molecular weight is 291 g/mol. The molecule has 3 rings (SSSR count). The quantitative estimate of drug-likeness (QED) is 0.546. The molecule has 3 aromatic rings. The highest BCUT2D eigenvalue weighted by atomic mass is 16.6. The number of non-ortho nitro benzene ring substituents is 1. The number of pyridine rings is 1. The van der Waals surface area contributed by atoms with Gasteiger partial charge in [0, 0.05) is 24.4 Å². The Balaban J connectivity index is 2.12. The molecule has 0 amide bonds. The summed E-state index contributed by atoms with van der Waals surface area (Å²) in [4.78, 5) is 14.5. The van der Waals surface area contributed by atoms with Gasteiger partial charge in [-0.05, 0) is 24.3 Å². The molecule has 7 heteroatoms. The van der Waals surface area contributed by atoms with Gasteiger partial charge in [-0.2, -0.15) is 10.4 Å². The highest BCUT2D eigenvalue weighted by Gasteiger charge is 2.13. The Labute approximate surface area is 125 Å². The minimum absolute atomic E-state index is 0.00389. The van der Waals surface area contributed by atoms with Crippen molar-refractivity contribution in [3.05, 3.63) is 70.5 Å². The van der Waals surface area contributed by atoms with E-state index in [1.165, 1.54) is 12.1 Å². The Morgan fingerprint density at radius 2 is 1.95 bits per heavy atom. The van der Waals surface area contributed by atoms with Crippen LogP contribution in [-0.4, -0.2) is 19.7 Å². The molecule has 1 aromatic carbocycles. The fourth-order valence-electron chi connectivity index (χ4n) is 2.04. The van der Waals surface area contributed by atoms with E-state index in [0.717, 1.165) is 0 Å². The van der Waals surface area contributed by atoms with Gasteiger partial charge in [0.05, 0.1) is 22.0 Å². The van der Waals surface area contributed by atoms with Crippen LogP contribution in [0, 0.1) is 21.4 Å². The number of nitro groups is 1. The molecular weight excluding hydrogens is 282 g/mol. The highest BCUT2D eigenvalue weighted by Crippen LogP contribution is 2.23. The molecule has 2 heterocycles. The summed E-state index contributed by atoms with van der Waals surface area (Å²) in [5.74, 6) is 0. The topological polar surface area (TPSA) is 97.6 Å². The SMILES string of the molecule is N#Cc1cc(-c2ccccn2)n(-c2ccc([N+](=O)[O-])cc2)n1. The van der Waals surface area contributed by atoms with E-state index in [1.807, 2.05) is 12.1 Å². The van der Waals surface area contributed by atoms with Gasteiger partial charge in [-0.3, -0.25) is 15.1 Å². The third-order valence-electron chi connectivity index (χ3n) is 3.06. The number of nitriles is 1. The molecule has 22 heavy (non-hydrogen) atoms. The van der Waals surface area contributed by atoms with Crippen molar-refractivity contribution >= 4 is 5.69 Å². The molecule has 0 saturated carbocycles. The number of hydrogen-bond acceptors (Lipinski definition) is 5. The molecule has 7 nitrogen and oxygen atoms in total. The fourth-order valence-corrected chi connectivity index (χ4v) is 2.04. The minimum atomic E-state index is -0.465. The third-order valence-corrected chi connectivity index (χ3v) is 3.06. The number of benzene rings is 1. The lowest BCUT2D eigenvalue weighted by Crippen LogP contribution is -2.00. The third kappa shape index (κ3) is 2.41. The van der Waals surface area contributed by atoms with E-state index in [-0.39, 0.29) is 11.4 Å². The van der Waals surface area contributed by atoms with Gasteiger partial charge in [0.1, 0.15) is 6.07 Å². The second-order valence-electron chi connectivity index (χ2n) is 4.43. The molecule has 0 bridgehead atoms. The first-order valence-electron chi connectivity index (χ1n) is 6.35. The summed E-state index contributed by atoms with van der Waals surface area (Å²) in [6, 6.07) is 15.0. The van der Waals surface area contributed by atoms with Crippen molar-refractivity contribution in [2.75, 3.05) is 0 Å². The lowest BCUT2D eigenvalue weighted by molar-refractivity contribution is -0.384. The normalized spacial score (nSPS) is 10.1. The molecule has 0 spiro atoms. The molecule has 0 unspecified atom stereocenters. The predicted octanol–water partition coefficient (Wildman–Crippen LogP) is 2.71. The van der Waals surface area contributed by atoms with Gasteiger partial charge in [0.2, 0.25) is 0 Å². The zero-order valence-electron chi connectivity index (χ0n) is 11.2. The largest absolute Gasteiger partial charge is 0.269 e. The molecule has 2 aromatic heterocycles. The molecule has 0 saturated heterocycles. The molecule has 0 N–H and O–H groups in total. The molecule has 106 valence electrons. The second kappa shape index (κ2) is 5.46. The molecule has 0 radical (unpaired) electrons. The maximum Gasteiger partial charge on any atom is 0.269 e. The van der Waals surface area contributed by atoms with Crippen LogP contribution in [0.3, 0.4) is 0 Å². The number of nitrogens with zero attached hydrogens (tertiary/aromatic N) is 5. The van der Waals surface area contributed by atoms with Crippen LogP contribution in [0.25, 0.3) is 17.1 Å². The molecule has 0 fully saturated rings. The van der Waals surface area contributed by atoms with Crippen molar-refractivity contribution in [2.24, 2.45) is 0 Å². The maximum absolute atomic E-state index is 10.7. The van der Waals surface area contributed by atoms with E-state index in [0.29, 0.717) is 17.1 Å². The monoisotopic (exact) mass is 291 g/mol. The van der Waals surface area contributed by atoms with Crippen LogP contribution in [0.5, 0.6) is 0 Å². The van der Waals surface area contributed by atoms with Crippen molar-refractivity contribution < 1.29 is 4.92 Å². The Morgan fingerprint density at radius 1 is 1.18 bits per heavy atom. The fraction of sp³-hybridized carbons (Fsp3) is 0. The second-order valence-corrected chi connectivity index (χ2v) is 4.43. The highest BCUT2D eigenvalue weighted by molar-refractivity contribution is 5.60. The first-order valence-corrected chi connectivity index (χ1v) is 6.35. The molecular formula is C15H9N5O2. The Morgan fingerprint density at radius 3 is 2.55 bits per heavy atom. The van der Waals surface area contributed by atoms with Crippen molar-refractivity contribution in [3.63, 3.8) is 0 Å². The van der Waals surface area contributed by atoms with Crippen LogP contribution < -0.4 is 0 Å². The van der Waals surface area contributed by atoms with Crippen LogP contribution in [-0.2, 0) is 0 Å². The van der Waals surface area contributed by atoms with Crippen LogP contribution in [0.15, 0.2) is 54.7 Å². The number of rotatable bonds is 3. The van der Waals surface area contributed by atoms with E-state index in [4.69, 9.17) is 5.26 Å². The minimum Gasteiger partial charge on any atom is -0.258 e. The van der Waals surface area contributed by atoms with E-state index < -0.39 is 4.92 Å². The zero-order valence-corrected chi connectivity index (χ0v) is 11.2. The molecule has 0 atom stereocenters. The van der Waals surface area contributed by atoms with Gasteiger partial charge in [0.15, 0.2) is 5.69 Å². The lowest BCUT2D eigenvalue weighted by Gasteiger charge is -2.06. The molecule has 0 aliphatic rings. The Kier molecular flexibility index (Phi) is 3.34. The van der Waals surface area contributed by atoms with Crippen LogP contribution in [0.1, 0.15) is 5.69 Å². The van der Waals surface area contributed by atoms with Crippen LogP contribution in [0.2, 0.25) is 0 Å². The maximum atomic E-state index is 10.7. The van der Waals surface area contributed by atoms with Gasteiger partial charge < -0.3 is 0 Å². The average Bonchev–Trinajstić information content (AvgIpc) is 3.00.